The molecule has 1 heterocycles. The van der Waals surface area contributed by atoms with Gasteiger partial charge in [-0.25, -0.2) is 4.39 Å². The highest BCUT2D eigenvalue weighted by molar-refractivity contribution is 9.10. The van der Waals surface area contributed by atoms with E-state index < -0.39 is 0 Å². The number of nitrogens with one attached hydrogen (secondary N) is 1. The molecule has 0 aliphatic carbocycles. The van der Waals surface area contributed by atoms with Crippen molar-refractivity contribution in [3.63, 3.8) is 0 Å². The molecule has 0 aliphatic rings. The van der Waals surface area contributed by atoms with E-state index in [4.69, 9.17) is 0 Å². The van der Waals surface area contributed by atoms with Crippen molar-refractivity contribution in [2.24, 2.45) is 0 Å². The van der Waals surface area contributed by atoms with Gasteiger partial charge in [-0.15, -0.1) is 0 Å². The quantitative estimate of drug-likeness (QED) is 0.854. The lowest BCUT2D eigenvalue weighted by Crippen LogP contribution is -2.22. The Morgan fingerprint density at radius 1 is 1.38 bits per heavy atom. The molecule has 0 radical (unpaired) electrons. The van der Waals surface area contributed by atoms with E-state index in [2.05, 4.69) is 46.3 Å². The molecule has 3 nitrogen and oxygen atoms in total. The summed E-state index contributed by atoms with van der Waals surface area (Å²) in [5, 5.41) is 7.91. The van der Waals surface area contributed by atoms with Crippen molar-refractivity contribution in [1.29, 1.82) is 0 Å². The molecule has 0 bridgehead atoms. The van der Waals surface area contributed by atoms with Gasteiger partial charge in [-0.2, -0.15) is 5.10 Å². The van der Waals surface area contributed by atoms with Crippen LogP contribution in [0, 0.1) is 5.82 Å². The Morgan fingerprint density at radius 2 is 2.14 bits per heavy atom. The van der Waals surface area contributed by atoms with Crippen molar-refractivity contribution in [3.05, 3.63) is 51.5 Å². The smallest absolute Gasteiger partial charge is 0.137 e. The minimum absolute atomic E-state index is 0.107. The van der Waals surface area contributed by atoms with Crippen LogP contribution < -0.4 is 5.32 Å². The minimum Gasteiger partial charge on any atom is -0.311 e. The maximum atomic E-state index is 13.7. The Balaban J connectivity index is 2.31. The largest absolute Gasteiger partial charge is 0.311 e. The summed E-state index contributed by atoms with van der Waals surface area (Å²) < 4.78 is 16.2. The lowest BCUT2D eigenvalue weighted by Gasteiger charge is -2.18. The van der Waals surface area contributed by atoms with Crippen LogP contribution >= 0.6 is 15.9 Å². The summed E-state index contributed by atoms with van der Waals surface area (Å²) in [4.78, 5) is 0. The van der Waals surface area contributed by atoms with Crippen LogP contribution in [0.4, 0.5) is 4.39 Å². The lowest BCUT2D eigenvalue weighted by atomic mass is 10.0. The molecule has 0 spiro atoms. The number of likely N-dealkylation sites (N-methyl/N-ethyl adjacent to an activating group) is 1. The van der Waals surface area contributed by atoms with E-state index >= 15 is 0 Å². The van der Waals surface area contributed by atoms with Crippen molar-refractivity contribution >= 4 is 15.9 Å². The first-order valence-corrected chi connectivity index (χ1v) is 8.06. The molecule has 1 atom stereocenters. The van der Waals surface area contributed by atoms with Crippen LogP contribution in [0.2, 0.25) is 0 Å². The molecule has 1 N–H and O–H groups in total. The van der Waals surface area contributed by atoms with E-state index in [1.807, 2.05) is 17.8 Å². The number of aryl methyl sites for hydroxylation is 2. The summed E-state index contributed by atoms with van der Waals surface area (Å²) in [6.45, 7) is 5.02. The summed E-state index contributed by atoms with van der Waals surface area (Å²) in [6.07, 6.45) is 1.63. The van der Waals surface area contributed by atoms with Crippen LogP contribution in [-0.4, -0.2) is 16.8 Å². The van der Waals surface area contributed by atoms with E-state index in [1.165, 1.54) is 6.07 Å². The minimum atomic E-state index is -0.222. The summed E-state index contributed by atoms with van der Waals surface area (Å²) in [7, 11) is 1.93. The third kappa shape index (κ3) is 3.52. The first kappa shape index (κ1) is 16.2. The van der Waals surface area contributed by atoms with Gasteiger partial charge in [0.15, 0.2) is 0 Å². The van der Waals surface area contributed by atoms with Gasteiger partial charge in [0.1, 0.15) is 5.82 Å². The van der Waals surface area contributed by atoms with E-state index in [-0.39, 0.29) is 11.9 Å². The predicted molar refractivity (Wildman–Crippen MR) is 86.9 cm³/mol. The Labute approximate surface area is 133 Å². The predicted octanol–water partition coefficient (Wildman–Crippen LogP) is 3.87. The number of nitrogens with zero attached hydrogens (tertiary/aromatic N) is 2. The third-order valence-electron chi connectivity index (χ3n) is 3.68. The fraction of sp³-hybridized carbons (Fsp3) is 0.438. The molecule has 1 aromatic heterocycles. The molecule has 1 unspecified atom stereocenters. The Kier molecular flexibility index (Phi) is 5.53. The van der Waals surface area contributed by atoms with Crippen LogP contribution in [0.15, 0.2) is 28.7 Å². The van der Waals surface area contributed by atoms with Gasteiger partial charge in [-0.1, -0.05) is 19.1 Å². The molecule has 0 amide bonds. The second-order valence-corrected chi connectivity index (χ2v) is 5.78. The fourth-order valence-electron chi connectivity index (χ4n) is 2.47. The zero-order chi connectivity index (χ0) is 15.4. The molecule has 0 fully saturated rings. The molecule has 114 valence electrons. The maximum Gasteiger partial charge on any atom is 0.137 e. The standard InChI is InChI=1S/C16H21BrFN3/c1-4-12-10-15(21(5-2)20-12)14(19-3)9-11-7-6-8-13(18)16(11)17/h6-8,10,14,19H,4-5,9H2,1-3H3. The van der Waals surface area contributed by atoms with E-state index in [0.29, 0.717) is 10.9 Å². The van der Waals surface area contributed by atoms with E-state index in [0.717, 1.165) is 29.9 Å². The molecule has 2 aromatic rings. The van der Waals surface area contributed by atoms with Gasteiger partial charge < -0.3 is 5.32 Å². The maximum absolute atomic E-state index is 13.7. The van der Waals surface area contributed by atoms with Gasteiger partial charge in [0, 0.05) is 6.54 Å². The molecule has 21 heavy (non-hydrogen) atoms. The number of hydrogen-bond acceptors (Lipinski definition) is 2. The number of aromatic nitrogens is 2. The molecule has 0 saturated heterocycles. The Bertz CT molecular complexity index is 610. The van der Waals surface area contributed by atoms with Gasteiger partial charge in [0.25, 0.3) is 0 Å². The highest BCUT2D eigenvalue weighted by atomic mass is 79.9. The summed E-state index contributed by atoms with van der Waals surface area (Å²) in [6, 6.07) is 7.41. The molecule has 2 rings (SSSR count). The summed E-state index contributed by atoms with van der Waals surface area (Å²) in [5.41, 5.74) is 3.19. The number of hydrogen-bond donors (Lipinski definition) is 1. The lowest BCUT2D eigenvalue weighted by molar-refractivity contribution is 0.510. The number of halogens is 2. The highest BCUT2D eigenvalue weighted by Crippen LogP contribution is 2.26. The van der Waals surface area contributed by atoms with Crippen molar-refractivity contribution < 1.29 is 4.39 Å². The average molecular weight is 354 g/mol. The van der Waals surface area contributed by atoms with Crippen molar-refractivity contribution in [2.75, 3.05) is 7.05 Å². The van der Waals surface area contributed by atoms with Crippen LogP contribution in [0.3, 0.4) is 0 Å². The third-order valence-corrected chi connectivity index (χ3v) is 4.57. The van der Waals surface area contributed by atoms with E-state index in [1.54, 1.807) is 6.07 Å². The zero-order valence-electron chi connectivity index (χ0n) is 12.7. The van der Waals surface area contributed by atoms with Crippen molar-refractivity contribution in [2.45, 2.75) is 39.3 Å². The van der Waals surface area contributed by atoms with Crippen molar-refractivity contribution in [3.8, 4) is 0 Å². The fourth-order valence-corrected chi connectivity index (χ4v) is 2.90. The van der Waals surface area contributed by atoms with Gasteiger partial charge >= 0.3 is 0 Å². The topological polar surface area (TPSA) is 29.9 Å². The SMILES string of the molecule is CCc1cc(C(Cc2cccc(F)c2Br)NC)n(CC)n1. The summed E-state index contributed by atoms with van der Waals surface area (Å²) in [5.74, 6) is -0.222. The highest BCUT2D eigenvalue weighted by Gasteiger charge is 2.18. The van der Waals surface area contributed by atoms with E-state index in [9.17, 15) is 4.39 Å². The van der Waals surface area contributed by atoms with Crippen LogP contribution in [-0.2, 0) is 19.4 Å². The second-order valence-electron chi connectivity index (χ2n) is 4.99. The monoisotopic (exact) mass is 353 g/mol. The second kappa shape index (κ2) is 7.18. The molecule has 0 aliphatic heterocycles. The van der Waals surface area contributed by atoms with Gasteiger partial charge in [0.05, 0.1) is 21.9 Å². The number of rotatable bonds is 6. The summed E-state index contributed by atoms with van der Waals surface area (Å²) >= 11 is 3.34. The van der Waals surface area contributed by atoms with Gasteiger partial charge in [-0.3, -0.25) is 4.68 Å². The van der Waals surface area contributed by atoms with Gasteiger partial charge in [0.2, 0.25) is 0 Å². The first-order chi connectivity index (χ1) is 10.1. The van der Waals surface area contributed by atoms with Crippen molar-refractivity contribution in [1.82, 2.24) is 15.1 Å². The van der Waals surface area contributed by atoms with Crippen LogP contribution in [0.5, 0.6) is 0 Å². The molecule has 0 saturated carbocycles. The normalized spacial score (nSPS) is 12.6. The first-order valence-electron chi connectivity index (χ1n) is 7.27. The molecule has 1 aromatic carbocycles. The Hall–Kier alpha value is -1.20. The Morgan fingerprint density at radius 3 is 2.76 bits per heavy atom. The average Bonchev–Trinajstić information content (AvgIpc) is 2.92. The molecule has 5 heteroatoms. The van der Waals surface area contributed by atoms with Gasteiger partial charge in [-0.05, 0) is 60.4 Å². The number of benzene rings is 1. The van der Waals surface area contributed by atoms with Crippen LogP contribution in [0.25, 0.3) is 0 Å². The molecular formula is C16H21BrFN3. The van der Waals surface area contributed by atoms with Crippen LogP contribution in [0.1, 0.15) is 36.8 Å². The molecular weight excluding hydrogens is 333 g/mol. The zero-order valence-corrected chi connectivity index (χ0v) is 14.2.